The Morgan fingerprint density at radius 2 is 0.823 bits per heavy atom. The number of anilines is 3. The molecule has 0 atom stereocenters. The molecule has 10 aromatic carbocycles. The molecule has 0 aliphatic heterocycles. The van der Waals surface area contributed by atoms with E-state index in [2.05, 4.69) is 193 Å². The van der Waals surface area contributed by atoms with E-state index >= 15 is 0 Å². The number of rotatable bonds is 6. The summed E-state index contributed by atoms with van der Waals surface area (Å²) in [5.74, 6) is 0. The van der Waals surface area contributed by atoms with Crippen LogP contribution in [0.1, 0.15) is 0 Å². The van der Waals surface area contributed by atoms with Gasteiger partial charge in [0.1, 0.15) is 27.9 Å². The molecule has 13 rings (SSSR count). The van der Waals surface area contributed by atoms with Gasteiger partial charge >= 0.3 is 0 Å². The van der Waals surface area contributed by atoms with Gasteiger partial charge in [0.05, 0.1) is 11.4 Å². The lowest BCUT2D eigenvalue weighted by Crippen LogP contribution is -2.11. The standard InChI is InChI=1S/C58H35NO3/c1-2-12-36(13-3-1)37-28-31-41(32-29-37)59(51-21-11-20-47-45-17-7-9-23-54(45)61-58(47)51)52-34-50-48-33-30-38-14-4-5-15-42(38)57(48)62-55(50)35-49(52)40-26-24-39(25-27-40)43-18-10-19-46-44-16-6-8-22-53(44)60-56(43)46/h1-35H. The number of hydrogen-bond donors (Lipinski definition) is 0. The monoisotopic (exact) mass is 793 g/mol. The van der Waals surface area contributed by atoms with Crippen molar-refractivity contribution < 1.29 is 13.3 Å². The average molecular weight is 794 g/mol. The summed E-state index contributed by atoms with van der Waals surface area (Å²) in [4.78, 5) is 2.36. The van der Waals surface area contributed by atoms with Gasteiger partial charge in [-0.3, -0.25) is 0 Å². The van der Waals surface area contributed by atoms with E-state index in [1.807, 2.05) is 24.3 Å². The molecule has 0 fully saturated rings. The molecule has 4 nitrogen and oxygen atoms in total. The van der Waals surface area contributed by atoms with Crippen LogP contribution in [0.4, 0.5) is 17.1 Å². The molecule has 0 saturated heterocycles. The maximum atomic E-state index is 6.87. The smallest absolute Gasteiger partial charge is 0.159 e. The quantitative estimate of drug-likeness (QED) is 0.168. The first-order chi connectivity index (χ1) is 30.7. The Balaban J connectivity index is 1.07. The molecule has 13 aromatic rings. The zero-order valence-electron chi connectivity index (χ0n) is 33.4. The number of furan rings is 3. The van der Waals surface area contributed by atoms with Crippen LogP contribution in [0.2, 0.25) is 0 Å². The molecule has 0 saturated carbocycles. The molecule has 0 aliphatic rings. The van der Waals surface area contributed by atoms with Gasteiger partial charge in [-0.05, 0) is 76.2 Å². The fourth-order valence-corrected chi connectivity index (χ4v) is 9.51. The van der Waals surface area contributed by atoms with E-state index in [0.29, 0.717) is 0 Å². The molecule has 0 bridgehead atoms. The van der Waals surface area contributed by atoms with Crippen molar-refractivity contribution in [1.82, 2.24) is 0 Å². The summed E-state index contributed by atoms with van der Waals surface area (Å²) in [6, 6.07) is 75.0. The molecule has 0 unspecified atom stereocenters. The molecular formula is C58H35NO3. The number of para-hydroxylation sites is 4. The van der Waals surface area contributed by atoms with Crippen LogP contribution in [-0.2, 0) is 0 Å². The average Bonchev–Trinajstić information content (AvgIpc) is 4.04. The zero-order chi connectivity index (χ0) is 40.7. The summed E-state index contributed by atoms with van der Waals surface area (Å²) >= 11 is 0. The van der Waals surface area contributed by atoms with Crippen molar-refractivity contribution in [2.75, 3.05) is 4.90 Å². The minimum Gasteiger partial charge on any atom is -0.455 e. The Morgan fingerprint density at radius 1 is 0.274 bits per heavy atom. The highest BCUT2D eigenvalue weighted by Gasteiger charge is 2.25. The molecule has 290 valence electrons. The second kappa shape index (κ2) is 13.6. The van der Waals surface area contributed by atoms with Gasteiger partial charge in [-0.15, -0.1) is 0 Å². The van der Waals surface area contributed by atoms with Crippen molar-refractivity contribution in [2.24, 2.45) is 0 Å². The predicted molar refractivity (Wildman–Crippen MR) is 257 cm³/mol. The summed E-state index contributed by atoms with van der Waals surface area (Å²) in [7, 11) is 0. The van der Waals surface area contributed by atoms with Crippen LogP contribution in [0.25, 0.3) is 110 Å². The highest BCUT2D eigenvalue weighted by molar-refractivity contribution is 6.18. The van der Waals surface area contributed by atoms with E-state index in [0.717, 1.165) is 121 Å². The maximum absolute atomic E-state index is 6.87. The van der Waals surface area contributed by atoms with Gasteiger partial charge in [0.25, 0.3) is 0 Å². The Bertz CT molecular complexity index is 3850. The van der Waals surface area contributed by atoms with Crippen molar-refractivity contribution >= 4 is 93.7 Å². The minimum absolute atomic E-state index is 0.823. The van der Waals surface area contributed by atoms with Crippen LogP contribution in [-0.4, -0.2) is 0 Å². The van der Waals surface area contributed by atoms with Crippen LogP contribution in [0.15, 0.2) is 226 Å². The summed E-state index contributed by atoms with van der Waals surface area (Å²) in [6.45, 7) is 0. The lowest BCUT2D eigenvalue weighted by atomic mass is 9.95. The third-order valence-corrected chi connectivity index (χ3v) is 12.5. The number of benzene rings is 10. The number of fused-ring (bicyclic) bond motifs is 11. The van der Waals surface area contributed by atoms with E-state index in [4.69, 9.17) is 13.3 Å². The second-order valence-corrected chi connectivity index (χ2v) is 16.0. The first-order valence-electron chi connectivity index (χ1n) is 21.0. The SMILES string of the molecule is c1ccc(-c2ccc(N(c3cc4c(cc3-c3ccc(-c5cccc6c5oc5ccccc56)cc3)oc3c5ccccc5ccc43)c3cccc4c3oc3ccccc34)cc2)cc1. The van der Waals surface area contributed by atoms with E-state index < -0.39 is 0 Å². The van der Waals surface area contributed by atoms with Crippen molar-refractivity contribution in [3.05, 3.63) is 212 Å². The fourth-order valence-electron chi connectivity index (χ4n) is 9.51. The fraction of sp³-hybridized carbons (Fsp3) is 0. The van der Waals surface area contributed by atoms with Gasteiger partial charge in [-0.2, -0.15) is 0 Å². The van der Waals surface area contributed by atoms with Gasteiger partial charge in [0, 0.05) is 54.5 Å². The van der Waals surface area contributed by atoms with Crippen molar-refractivity contribution in [1.29, 1.82) is 0 Å². The highest BCUT2D eigenvalue weighted by Crippen LogP contribution is 2.49. The lowest BCUT2D eigenvalue weighted by Gasteiger charge is -2.28. The van der Waals surface area contributed by atoms with Crippen LogP contribution in [0.3, 0.4) is 0 Å². The van der Waals surface area contributed by atoms with E-state index in [1.54, 1.807) is 0 Å². The molecule has 3 heterocycles. The van der Waals surface area contributed by atoms with Crippen LogP contribution < -0.4 is 4.90 Å². The largest absolute Gasteiger partial charge is 0.455 e. The van der Waals surface area contributed by atoms with Crippen LogP contribution in [0, 0.1) is 0 Å². The molecule has 0 radical (unpaired) electrons. The second-order valence-electron chi connectivity index (χ2n) is 16.0. The van der Waals surface area contributed by atoms with Gasteiger partial charge in [-0.1, -0.05) is 164 Å². The predicted octanol–water partition coefficient (Wildman–Crippen LogP) is 17.0. The Labute approximate surface area is 356 Å². The van der Waals surface area contributed by atoms with Gasteiger partial charge in [0.15, 0.2) is 5.58 Å². The summed E-state index contributed by atoms with van der Waals surface area (Å²) in [5.41, 5.74) is 14.6. The molecule has 62 heavy (non-hydrogen) atoms. The van der Waals surface area contributed by atoms with Gasteiger partial charge < -0.3 is 18.2 Å². The molecule has 0 amide bonds. The first kappa shape index (κ1) is 34.5. The van der Waals surface area contributed by atoms with Crippen molar-refractivity contribution in [2.45, 2.75) is 0 Å². The first-order valence-corrected chi connectivity index (χ1v) is 21.0. The van der Waals surface area contributed by atoms with Crippen LogP contribution in [0.5, 0.6) is 0 Å². The van der Waals surface area contributed by atoms with Crippen LogP contribution >= 0.6 is 0 Å². The van der Waals surface area contributed by atoms with Gasteiger partial charge in [0.2, 0.25) is 0 Å². The third kappa shape index (κ3) is 5.33. The molecule has 0 N–H and O–H groups in total. The molecule has 0 aliphatic carbocycles. The molecule has 4 heteroatoms. The molecule has 3 aromatic heterocycles. The Kier molecular flexibility index (Phi) is 7.57. The Morgan fingerprint density at radius 3 is 1.58 bits per heavy atom. The summed E-state index contributed by atoms with van der Waals surface area (Å²) < 4.78 is 20.1. The topological polar surface area (TPSA) is 42.7 Å². The van der Waals surface area contributed by atoms with E-state index in [-0.39, 0.29) is 0 Å². The molecule has 0 spiro atoms. The number of nitrogens with zero attached hydrogens (tertiary/aromatic N) is 1. The highest BCUT2D eigenvalue weighted by atomic mass is 16.3. The van der Waals surface area contributed by atoms with Crippen molar-refractivity contribution in [3.63, 3.8) is 0 Å². The summed E-state index contributed by atoms with van der Waals surface area (Å²) in [6.07, 6.45) is 0. The Hall–Kier alpha value is -8.34. The third-order valence-electron chi connectivity index (χ3n) is 12.5. The van der Waals surface area contributed by atoms with E-state index in [9.17, 15) is 0 Å². The summed E-state index contributed by atoms with van der Waals surface area (Å²) in [5, 5.41) is 8.73. The van der Waals surface area contributed by atoms with Gasteiger partial charge in [-0.25, -0.2) is 0 Å². The normalized spacial score (nSPS) is 11.9. The number of hydrogen-bond acceptors (Lipinski definition) is 4. The van der Waals surface area contributed by atoms with E-state index in [1.165, 1.54) is 5.56 Å². The minimum atomic E-state index is 0.823. The lowest BCUT2D eigenvalue weighted by molar-refractivity contribution is 0.669. The van der Waals surface area contributed by atoms with Crippen molar-refractivity contribution in [3.8, 4) is 33.4 Å². The zero-order valence-corrected chi connectivity index (χ0v) is 33.4. The molecular weight excluding hydrogens is 759 g/mol. The maximum Gasteiger partial charge on any atom is 0.159 e.